The van der Waals surface area contributed by atoms with Crippen LogP contribution in [0, 0.1) is 5.92 Å². The molecule has 1 saturated carbocycles. The second kappa shape index (κ2) is 6.49. The molecule has 0 spiro atoms. The zero-order valence-electron chi connectivity index (χ0n) is 12.1. The molecule has 3 nitrogen and oxygen atoms in total. The van der Waals surface area contributed by atoms with E-state index in [1.165, 1.54) is 26.4 Å². The highest BCUT2D eigenvalue weighted by Gasteiger charge is 2.42. The summed E-state index contributed by atoms with van der Waals surface area (Å²) in [4.78, 5) is 12.3. The Kier molecular flexibility index (Phi) is 4.92. The van der Waals surface area contributed by atoms with E-state index in [1.54, 1.807) is 0 Å². The number of halogens is 1. The summed E-state index contributed by atoms with van der Waals surface area (Å²) in [6.07, 6.45) is 5.68. The third-order valence-corrected chi connectivity index (χ3v) is 4.63. The molecule has 0 bridgehead atoms. The van der Waals surface area contributed by atoms with E-state index in [1.807, 2.05) is 31.2 Å². The van der Waals surface area contributed by atoms with E-state index < -0.39 is 5.54 Å². The number of hydrogen-bond donors (Lipinski definition) is 1. The first kappa shape index (κ1) is 15.2. The van der Waals surface area contributed by atoms with Crippen LogP contribution in [0.2, 0.25) is 5.02 Å². The van der Waals surface area contributed by atoms with E-state index >= 15 is 0 Å². The molecule has 0 aliphatic heterocycles. The van der Waals surface area contributed by atoms with Gasteiger partial charge >= 0.3 is 5.97 Å². The van der Waals surface area contributed by atoms with Crippen LogP contribution < -0.4 is 5.32 Å². The zero-order valence-corrected chi connectivity index (χ0v) is 12.9. The SMILES string of the molecule is COC(=O)C(C)(Nc1ccccc1Cl)C1CCCCC1. The molecule has 0 aromatic heterocycles. The summed E-state index contributed by atoms with van der Waals surface area (Å²) >= 11 is 6.20. The predicted molar refractivity (Wildman–Crippen MR) is 82.1 cm³/mol. The van der Waals surface area contributed by atoms with Crippen molar-refractivity contribution in [3.05, 3.63) is 29.3 Å². The fourth-order valence-corrected chi connectivity index (χ4v) is 3.24. The van der Waals surface area contributed by atoms with Gasteiger partial charge in [-0.2, -0.15) is 0 Å². The molecule has 0 heterocycles. The van der Waals surface area contributed by atoms with Gasteiger partial charge in [0.25, 0.3) is 0 Å². The molecule has 2 rings (SSSR count). The van der Waals surface area contributed by atoms with Crippen molar-refractivity contribution in [3.63, 3.8) is 0 Å². The number of nitrogens with one attached hydrogen (secondary N) is 1. The summed E-state index contributed by atoms with van der Waals surface area (Å²) in [5.74, 6) is 0.0595. The smallest absolute Gasteiger partial charge is 0.331 e. The number of para-hydroxylation sites is 1. The maximum Gasteiger partial charge on any atom is 0.331 e. The van der Waals surface area contributed by atoms with Crippen LogP contribution in [0.4, 0.5) is 5.69 Å². The van der Waals surface area contributed by atoms with Crippen LogP contribution in [0.1, 0.15) is 39.0 Å². The lowest BCUT2D eigenvalue weighted by Crippen LogP contribution is -2.51. The molecule has 1 aliphatic rings. The minimum absolute atomic E-state index is 0.218. The molecule has 0 radical (unpaired) electrons. The van der Waals surface area contributed by atoms with E-state index in [2.05, 4.69) is 5.32 Å². The maximum absolute atomic E-state index is 12.3. The molecule has 1 aliphatic carbocycles. The summed E-state index contributed by atoms with van der Waals surface area (Å²) in [6, 6.07) is 7.51. The van der Waals surface area contributed by atoms with Crippen molar-refractivity contribution in [2.75, 3.05) is 12.4 Å². The lowest BCUT2D eigenvalue weighted by atomic mass is 9.75. The lowest BCUT2D eigenvalue weighted by Gasteiger charge is -2.39. The molecule has 1 aromatic rings. The number of hydrogen-bond acceptors (Lipinski definition) is 3. The number of ether oxygens (including phenoxy) is 1. The highest BCUT2D eigenvalue weighted by molar-refractivity contribution is 6.33. The van der Waals surface area contributed by atoms with Crippen molar-refractivity contribution >= 4 is 23.3 Å². The molecule has 1 fully saturated rings. The number of methoxy groups -OCH3 is 1. The van der Waals surface area contributed by atoms with E-state index in [9.17, 15) is 4.79 Å². The Labute approximate surface area is 125 Å². The van der Waals surface area contributed by atoms with Gasteiger partial charge in [-0.3, -0.25) is 0 Å². The number of rotatable bonds is 4. The largest absolute Gasteiger partial charge is 0.467 e. The van der Waals surface area contributed by atoms with Crippen LogP contribution in [-0.4, -0.2) is 18.6 Å². The summed E-state index contributed by atoms with van der Waals surface area (Å²) in [7, 11) is 1.44. The van der Waals surface area contributed by atoms with E-state index in [4.69, 9.17) is 16.3 Å². The van der Waals surface area contributed by atoms with E-state index in [0.29, 0.717) is 5.02 Å². The normalized spacial score (nSPS) is 19.1. The summed E-state index contributed by atoms with van der Waals surface area (Å²) in [5, 5.41) is 3.96. The van der Waals surface area contributed by atoms with Crippen molar-refractivity contribution < 1.29 is 9.53 Å². The van der Waals surface area contributed by atoms with Crippen molar-refractivity contribution in [1.29, 1.82) is 0 Å². The molecule has 110 valence electrons. The number of esters is 1. The number of carbonyl (C=O) groups excluding carboxylic acids is 1. The first-order valence-electron chi connectivity index (χ1n) is 7.19. The van der Waals surface area contributed by atoms with Gasteiger partial charge in [-0.25, -0.2) is 4.79 Å². The van der Waals surface area contributed by atoms with Crippen molar-refractivity contribution in [1.82, 2.24) is 0 Å². The molecule has 1 unspecified atom stereocenters. The number of carbonyl (C=O) groups is 1. The van der Waals surface area contributed by atoms with Crippen LogP contribution in [0.3, 0.4) is 0 Å². The van der Waals surface area contributed by atoms with Crippen LogP contribution in [0.25, 0.3) is 0 Å². The molecular formula is C16H22ClNO2. The van der Waals surface area contributed by atoms with Crippen LogP contribution >= 0.6 is 11.6 Å². The monoisotopic (exact) mass is 295 g/mol. The molecular weight excluding hydrogens is 274 g/mol. The summed E-state index contributed by atoms with van der Waals surface area (Å²) < 4.78 is 5.04. The van der Waals surface area contributed by atoms with Crippen LogP contribution in [0.15, 0.2) is 24.3 Å². The van der Waals surface area contributed by atoms with Gasteiger partial charge in [0.15, 0.2) is 0 Å². The Bertz CT molecular complexity index is 471. The Morgan fingerprint density at radius 3 is 2.55 bits per heavy atom. The highest BCUT2D eigenvalue weighted by atomic mass is 35.5. The molecule has 0 amide bonds. The van der Waals surface area contributed by atoms with Gasteiger partial charge in [0.1, 0.15) is 5.54 Å². The van der Waals surface area contributed by atoms with Crippen molar-refractivity contribution in [2.24, 2.45) is 5.92 Å². The quantitative estimate of drug-likeness (QED) is 0.843. The van der Waals surface area contributed by atoms with Gasteiger partial charge in [-0.1, -0.05) is 43.0 Å². The molecule has 0 saturated heterocycles. The Balaban J connectivity index is 2.27. The minimum atomic E-state index is -0.722. The summed E-state index contributed by atoms with van der Waals surface area (Å²) in [6.45, 7) is 1.93. The molecule has 20 heavy (non-hydrogen) atoms. The average molecular weight is 296 g/mol. The van der Waals surface area contributed by atoms with Gasteiger partial charge in [-0.05, 0) is 37.8 Å². The molecule has 1 N–H and O–H groups in total. The predicted octanol–water partition coefficient (Wildman–Crippen LogP) is 4.26. The van der Waals surface area contributed by atoms with Gasteiger partial charge in [-0.15, -0.1) is 0 Å². The fraction of sp³-hybridized carbons (Fsp3) is 0.562. The third kappa shape index (κ3) is 3.09. The van der Waals surface area contributed by atoms with Crippen LogP contribution in [-0.2, 0) is 9.53 Å². The Morgan fingerprint density at radius 1 is 1.30 bits per heavy atom. The van der Waals surface area contributed by atoms with Crippen molar-refractivity contribution in [2.45, 2.75) is 44.6 Å². The Hall–Kier alpha value is -1.22. The number of anilines is 1. The van der Waals surface area contributed by atoms with Crippen molar-refractivity contribution in [3.8, 4) is 0 Å². The van der Waals surface area contributed by atoms with E-state index in [-0.39, 0.29) is 11.9 Å². The van der Waals surface area contributed by atoms with Crippen LogP contribution in [0.5, 0.6) is 0 Å². The molecule has 1 aromatic carbocycles. The van der Waals surface area contributed by atoms with Gasteiger partial charge in [0.2, 0.25) is 0 Å². The topological polar surface area (TPSA) is 38.3 Å². The van der Waals surface area contributed by atoms with Gasteiger partial charge in [0, 0.05) is 0 Å². The highest BCUT2D eigenvalue weighted by Crippen LogP contribution is 2.37. The average Bonchev–Trinajstić information content (AvgIpc) is 2.49. The first-order valence-corrected chi connectivity index (χ1v) is 7.57. The van der Waals surface area contributed by atoms with Gasteiger partial charge < -0.3 is 10.1 Å². The fourth-order valence-electron chi connectivity index (χ4n) is 3.05. The lowest BCUT2D eigenvalue weighted by molar-refractivity contribution is -0.147. The maximum atomic E-state index is 12.3. The zero-order chi connectivity index (χ0) is 14.6. The van der Waals surface area contributed by atoms with Gasteiger partial charge in [0.05, 0.1) is 17.8 Å². The molecule has 4 heteroatoms. The number of benzene rings is 1. The minimum Gasteiger partial charge on any atom is -0.467 e. The third-order valence-electron chi connectivity index (χ3n) is 4.30. The first-order chi connectivity index (χ1) is 9.58. The van der Waals surface area contributed by atoms with E-state index in [0.717, 1.165) is 18.5 Å². The second-order valence-corrected chi connectivity index (χ2v) is 6.04. The standard InChI is InChI=1S/C16H22ClNO2/c1-16(15(19)20-2,12-8-4-3-5-9-12)18-14-11-7-6-10-13(14)17/h6-7,10-12,18H,3-5,8-9H2,1-2H3. The Morgan fingerprint density at radius 2 is 1.95 bits per heavy atom. The summed E-state index contributed by atoms with van der Waals surface area (Å²) in [5.41, 5.74) is 0.0628. The molecule has 1 atom stereocenters. The second-order valence-electron chi connectivity index (χ2n) is 5.63.